The molecule has 12 heteroatoms. The van der Waals surface area contributed by atoms with Crippen molar-refractivity contribution in [3.8, 4) is 11.5 Å². The molecule has 0 radical (unpaired) electrons. The predicted octanol–water partition coefficient (Wildman–Crippen LogP) is 4.65. The molecule has 0 amide bonds. The van der Waals surface area contributed by atoms with Crippen molar-refractivity contribution < 1.29 is 30.3 Å². The van der Waals surface area contributed by atoms with E-state index in [4.69, 9.17) is 9.92 Å². The lowest BCUT2D eigenvalue weighted by Crippen LogP contribution is -2.09. The monoisotopic (exact) mass is 513 g/mol. The van der Waals surface area contributed by atoms with Gasteiger partial charge in [-0.2, -0.15) is 16.8 Å². The van der Waals surface area contributed by atoms with Crippen molar-refractivity contribution in [1.82, 2.24) is 0 Å². The summed E-state index contributed by atoms with van der Waals surface area (Å²) in [6, 6.07) is 19.1. The fourth-order valence-corrected chi connectivity index (χ4v) is 5.05. The lowest BCUT2D eigenvalue weighted by Gasteiger charge is -2.10. The van der Waals surface area contributed by atoms with E-state index in [2.05, 4.69) is 14.4 Å². The molecular weight excluding hydrogens is 494 g/mol. The first-order valence-electron chi connectivity index (χ1n) is 9.98. The second kappa shape index (κ2) is 9.33. The van der Waals surface area contributed by atoms with E-state index in [1.165, 1.54) is 48.5 Å². The number of azo groups is 1. The van der Waals surface area contributed by atoms with Crippen molar-refractivity contribution >= 4 is 48.1 Å². The Hall–Kier alpha value is -4.00. The third-order valence-corrected chi connectivity index (χ3v) is 7.47. The Bertz CT molecular complexity index is 1650. The van der Waals surface area contributed by atoms with Gasteiger partial charge in [0.1, 0.15) is 27.8 Å². The fourth-order valence-electron chi connectivity index (χ4n) is 3.27. The molecule has 0 aliphatic rings. The van der Waals surface area contributed by atoms with Gasteiger partial charge in [-0.05, 0) is 41.8 Å². The maximum Gasteiger partial charge on any atom is 0.341 e. The molecule has 35 heavy (non-hydrogen) atoms. The van der Waals surface area contributed by atoms with E-state index in [9.17, 15) is 21.9 Å². The van der Waals surface area contributed by atoms with Crippen LogP contribution in [0.5, 0.6) is 11.5 Å². The van der Waals surface area contributed by atoms with E-state index in [1.807, 2.05) is 0 Å². The zero-order valence-electron chi connectivity index (χ0n) is 18.2. The topological polar surface area (TPSA) is 158 Å². The first-order valence-corrected chi connectivity index (χ1v) is 12.8. The van der Waals surface area contributed by atoms with Gasteiger partial charge in [0, 0.05) is 6.07 Å². The second-order valence-corrected chi connectivity index (χ2v) is 10.4. The molecule has 4 aromatic rings. The largest absolute Gasteiger partial charge is 0.507 e. The van der Waals surface area contributed by atoms with Crippen LogP contribution in [0.3, 0.4) is 0 Å². The molecule has 0 spiro atoms. The lowest BCUT2D eigenvalue weighted by molar-refractivity contribution is 0.397. The van der Waals surface area contributed by atoms with Crippen LogP contribution < -0.4 is 9.92 Å². The van der Waals surface area contributed by atoms with Gasteiger partial charge >= 0.3 is 10.1 Å². The molecule has 10 nitrogen and oxygen atoms in total. The van der Waals surface area contributed by atoms with Gasteiger partial charge in [0.15, 0.2) is 0 Å². The van der Waals surface area contributed by atoms with E-state index in [1.54, 1.807) is 24.3 Å². The third-order valence-electron chi connectivity index (χ3n) is 4.92. The Labute approximate surface area is 201 Å². The minimum absolute atomic E-state index is 0.0255. The van der Waals surface area contributed by atoms with Crippen molar-refractivity contribution in [2.24, 2.45) is 10.2 Å². The van der Waals surface area contributed by atoms with Crippen LogP contribution in [0.25, 0.3) is 10.8 Å². The molecule has 0 aromatic heterocycles. The number of hydrogen-bond acceptors (Lipinski definition) is 10. The SMILES string of the molecule is COS(=O)(=O)c1cc(O)c2c(N=Nc3ccccc3S(=O)(=O)Oc3ccccc3)c(N)ccc2c1. The third kappa shape index (κ3) is 4.94. The number of phenols is 1. The van der Waals surface area contributed by atoms with Gasteiger partial charge in [-0.15, -0.1) is 10.2 Å². The molecule has 0 aliphatic carbocycles. The number of benzene rings is 4. The highest BCUT2D eigenvalue weighted by Crippen LogP contribution is 2.41. The number of nitrogens with two attached hydrogens (primary N) is 1. The quantitative estimate of drug-likeness (QED) is 0.205. The van der Waals surface area contributed by atoms with Gasteiger partial charge < -0.3 is 15.0 Å². The molecule has 4 aromatic carbocycles. The highest BCUT2D eigenvalue weighted by atomic mass is 32.2. The van der Waals surface area contributed by atoms with Gasteiger partial charge in [-0.25, -0.2) is 0 Å². The van der Waals surface area contributed by atoms with Gasteiger partial charge in [0.25, 0.3) is 10.1 Å². The Balaban J connectivity index is 1.79. The van der Waals surface area contributed by atoms with Crippen molar-refractivity contribution in [1.29, 1.82) is 0 Å². The Morgan fingerprint density at radius 3 is 2.23 bits per heavy atom. The summed E-state index contributed by atoms with van der Waals surface area (Å²) < 4.78 is 59.5. The molecule has 0 saturated heterocycles. The van der Waals surface area contributed by atoms with Crippen LogP contribution in [0.2, 0.25) is 0 Å². The summed E-state index contributed by atoms with van der Waals surface area (Å²) in [5.41, 5.74) is 6.17. The molecule has 0 heterocycles. The number of fused-ring (bicyclic) bond motifs is 1. The summed E-state index contributed by atoms with van der Waals surface area (Å²) >= 11 is 0. The van der Waals surface area contributed by atoms with E-state index < -0.39 is 26.0 Å². The maximum absolute atomic E-state index is 12.9. The van der Waals surface area contributed by atoms with E-state index in [0.29, 0.717) is 5.39 Å². The summed E-state index contributed by atoms with van der Waals surface area (Å²) in [5.74, 6) is -0.294. The van der Waals surface area contributed by atoms with Gasteiger partial charge in [-0.3, -0.25) is 4.18 Å². The fraction of sp³-hybridized carbons (Fsp3) is 0.0435. The smallest absolute Gasteiger partial charge is 0.341 e. The average Bonchev–Trinajstić information content (AvgIpc) is 2.84. The minimum atomic E-state index is -4.25. The Morgan fingerprint density at radius 1 is 0.829 bits per heavy atom. The lowest BCUT2D eigenvalue weighted by atomic mass is 10.1. The molecule has 0 aliphatic heterocycles. The molecule has 180 valence electrons. The molecule has 0 fully saturated rings. The molecule has 3 N–H and O–H groups in total. The number of anilines is 1. The van der Waals surface area contributed by atoms with Crippen molar-refractivity contribution in [3.05, 3.63) is 78.9 Å². The van der Waals surface area contributed by atoms with Crippen LogP contribution in [0, 0.1) is 0 Å². The van der Waals surface area contributed by atoms with Crippen LogP contribution >= 0.6 is 0 Å². The van der Waals surface area contributed by atoms with Gasteiger partial charge in [0.2, 0.25) is 0 Å². The molecule has 0 unspecified atom stereocenters. The van der Waals surface area contributed by atoms with E-state index in [0.717, 1.165) is 13.2 Å². The van der Waals surface area contributed by atoms with Gasteiger partial charge in [0.05, 0.1) is 23.1 Å². The summed E-state index contributed by atoms with van der Waals surface area (Å²) in [5, 5.41) is 19.2. The van der Waals surface area contributed by atoms with Gasteiger partial charge in [-0.1, -0.05) is 36.4 Å². The van der Waals surface area contributed by atoms with Crippen LogP contribution in [0.4, 0.5) is 17.1 Å². The van der Waals surface area contributed by atoms with Crippen LogP contribution in [0.15, 0.2) is 98.9 Å². The highest BCUT2D eigenvalue weighted by molar-refractivity contribution is 7.87. The Kier molecular flexibility index (Phi) is 6.43. The summed E-state index contributed by atoms with van der Waals surface area (Å²) in [6.45, 7) is 0. The number of phenolic OH excluding ortho intramolecular Hbond substituents is 1. The first kappa shape index (κ1) is 24.1. The highest BCUT2D eigenvalue weighted by Gasteiger charge is 2.22. The van der Waals surface area contributed by atoms with Crippen LogP contribution in [0.1, 0.15) is 0 Å². The number of nitrogen functional groups attached to an aromatic ring is 1. The first-order chi connectivity index (χ1) is 16.6. The number of nitrogens with zero attached hydrogens (tertiary/aromatic N) is 2. The van der Waals surface area contributed by atoms with Crippen LogP contribution in [-0.4, -0.2) is 29.1 Å². The van der Waals surface area contributed by atoms with Crippen LogP contribution in [-0.2, 0) is 24.4 Å². The number of rotatable bonds is 7. The minimum Gasteiger partial charge on any atom is -0.507 e. The average molecular weight is 514 g/mol. The van der Waals surface area contributed by atoms with Crippen molar-refractivity contribution in [3.63, 3.8) is 0 Å². The zero-order chi connectivity index (χ0) is 25.2. The summed E-state index contributed by atoms with van der Waals surface area (Å²) in [7, 11) is -7.31. The number of aromatic hydroxyl groups is 1. The number of hydrogen-bond donors (Lipinski definition) is 2. The maximum atomic E-state index is 12.9. The summed E-state index contributed by atoms with van der Waals surface area (Å²) in [4.78, 5) is -0.490. The zero-order valence-corrected chi connectivity index (χ0v) is 19.8. The summed E-state index contributed by atoms with van der Waals surface area (Å²) in [6.07, 6.45) is 0. The molecule has 0 atom stereocenters. The normalized spacial score (nSPS) is 12.3. The molecule has 0 saturated carbocycles. The van der Waals surface area contributed by atoms with Crippen molar-refractivity contribution in [2.45, 2.75) is 9.79 Å². The molecular formula is C23H19N3O7S2. The number of para-hydroxylation sites is 1. The van der Waals surface area contributed by atoms with Crippen molar-refractivity contribution in [2.75, 3.05) is 12.8 Å². The van der Waals surface area contributed by atoms with E-state index >= 15 is 0 Å². The molecule has 0 bridgehead atoms. The molecule has 4 rings (SSSR count). The Morgan fingerprint density at radius 2 is 1.51 bits per heavy atom. The second-order valence-electron chi connectivity index (χ2n) is 7.18. The standard InChI is InChI=1S/C23H19N3O7S2/c1-32-34(28,29)17-13-15-11-12-18(24)23(22(15)20(27)14-17)26-25-19-9-5-6-10-21(19)35(30,31)33-16-7-3-2-4-8-16/h2-14,27H,24H2,1H3. The van der Waals surface area contributed by atoms with E-state index in [-0.39, 0.29) is 38.0 Å². The predicted molar refractivity (Wildman–Crippen MR) is 129 cm³/mol.